The van der Waals surface area contributed by atoms with Gasteiger partial charge in [0, 0.05) is 58.3 Å². The highest BCUT2D eigenvalue weighted by molar-refractivity contribution is 6.00. The number of anilines is 1. The number of aromatic nitrogens is 2. The van der Waals surface area contributed by atoms with Gasteiger partial charge in [0.1, 0.15) is 23.6 Å². The number of halogens is 1. The molecular weight excluding hydrogens is 625 g/mol. The van der Waals surface area contributed by atoms with Gasteiger partial charge in [-0.05, 0) is 55.0 Å². The van der Waals surface area contributed by atoms with Crippen LogP contribution in [0.25, 0.3) is 0 Å². The van der Waals surface area contributed by atoms with Crippen molar-refractivity contribution in [3.8, 4) is 0 Å². The lowest BCUT2D eigenvalue weighted by atomic mass is 9.83. The van der Waals surface area contributed by atoms with E-state index in [1.165, 1.54) is 17.7 Å². The Kier molecular flexibility index (Phi) is 12.5. The van der Waals surface area contributed by atoms with Crippen LogP contribution in [0.15, 0.2) is 60.8 Å². The second-order valence-electron chi connectivity index (χ2n) is 12.9. The highest BCUT2D eigenvalue weighted by atomic mass is 19.1. The summed E-state index contributed by atoms with van der Waals surface area (Å²) < 4.78 is 17.1. The molecule has 1 aliphatic carbocycles. The van der Waals surface area contributed by atoms with Gasteiger partial charge in [-0.2, -0.15) is 5.10 Å². The second kappa shape index (κ2) is 17.2. The minimum absolute atomic E-state index is 0.0163. The molecule has 0 spiro atoms. The highest BCUT2D eigenvalue weighted by Crippen LogP contribution is 2.28. The molecule has 1 saturated heterocycles. The van der Waals surface area contributed by atoms with Crippen LogP contribution in [0.3, 0.4) is 0 Å². The van der Waals surface area contributed by atoms with Gasteiger partial charge < -0.3 is 20.9 Å². The van der Waals surface area contributed by atoms with Crippen molar-refractivity contribution >= 4 is 29.3 Å². The fourth-order valence-electron chi connectivity index (χ4n) is 6.78. The van der Waals surface area contributed by atoms with Gasteiger partial charge in [-0.3, -0.25) is 28.8 Å². The summed E-state index contributed by atoms with van der Waals surface area (Å²) in [6, 6.07) is 14.5. The van der Waals surface area contributed by atoms with E-state index in [2.05, 4.69) is 38.1 Å². The Morgan fingerprint density at radius 3 is 2.31 bits per heavy atom. The molecule has 5 rings (SSSR count). The van der Waals surface area contributed by atoms with Crippen molar-refractivity contribution in [3.63, 3.8) is 0 Å². The van der Waals surface area contributed by atoms with E-state index < -0.39 is 29.7 Å². The molecule has 2 atom stereocenters. The predicted molar refractivity (Wildman–Crippen MR) is 185 cm³/mol. The van der Waals surface area contributed by atoms with E-state index in [1.807, 2.05) is 25.1 Å². The predicted octanol–water partition coefficient (Wildman–Crippen LogP) is 4.14. The first-order valence-electron chi connectivity index (χ1n) is 17.5. The number of rotatable bonds is 13. The summed E-state index contributed by atoms with van der Waals surface area (Å²) in [5.74, 6) is -2.08. The Balaban J connectivity index is 1.24. The Morgan fingerprint density at radius 1 is 0.898 bits per heavy atom. The first-order valence-corrected chi connectivity index (χ1v) is 17.5. The van der Waals surface area contributed by atoms with Crippen molar-refractivity contribution in [2.45, 2.75) is 84.0 Å². The van der Waals surface area contributed by atoms with Gasteiger partial charge in [-0.25, -0.2) is 4.39 Å². The summed E-state index contributed by atoms with van der Waals surface area (Å²) in [7, 11) is 0. The van der Waals surface area contributed by atoms with Crippen LogP contribution in [0.2, 0.25) is 0 Å². The van der Waals surface area contributed by atoms with E-state index in [4.69, 9.17) is 0 Å². The minimum Gasteiger partial charge on any atom is -0.344 e. The van der Waals surface area contributed by atoms with Crippen molar-refractivity contribution in [2.24, 2.45) is 5.92 Å². The molecule has 2 fully saturated rings. The normalized spacial score (nSPS) is 16.8. The van der Waals surface area contributed by atoms with E-state index in [1.54, 1.807) is 34.8 Å². The Bertz CT molecular complexity index is 1580. The van der Waals surface area contributed by atoms with Crippen LogP contribution in [0.5, 0.6) is 0 Å². The zero-order chi connectivity index (χ0) is 34.8. The van der Waals surface area contributed by atoms with E-state index >= 15 is 4.39 Å². The molecule has 49 heavy (non-hydrogen) atoms. The van der Waals surface area contributed by atoms with E-state index in [0.717, 1.165) is 38.6 Å². The largest absolute Gasteiger partial charge is 0.344 e. The van der Waals surface area contributed by atoms with Gasteiger partial charge in [-0.15, -0.1) is 0 Å². The monoisotopic (exact) mass is 673 g/mol. The molecule has 0 bridgehead atoms. The standard InChI is InChI=1S/C37H48FN7O4/c1-3-33(46)40-31(37(49)44-21-19-43(20-22-44)25-26-11-7-5-8-12-26)24-27-15-16-30(29(38)23-27)41-36(48)34(28-13-9-6-10-14-28)42-35(47)32-17-18-39-45(32)4-2/h5,7-8,11-12,15-18,23,28,31,34H,3-4,6,9-10,13-14,19-22,24-25H2,1-2H3,(H,40,46)(H,41,48)(H,42,47)/t31-,34+/m1/s1. The van der Waals surface area contributed by atoms with Crippen molar-refractivity contribution in [1.29, 1.82) is 0 Å². The summed E-state index contributed by atoms with van der Waals surface area (Å²) in [5.41, 5.74) is 2.07. The average Bonchev–Trinajstić information content (AvgIpc) is 3.61. The fraction of sp³-hybridized carbons (Fsp3) is 0.486. The molecule has 4 amide bonds. The minimum atomic E-state index is -0.851. The number of nitrogens with zero attached hydrogens (tertiary/aromatic N) is 4. The van der Waals surface area contributed by atoms with Crippen LogP contribution in [-0.2, 0) is 33.9 Å². The van der Waals surface area contributed by atoms with Crippen molar-refractivity contribution in [3.05, 3.63) is 83.4 Å². The van der Waals surface area contributed by atoms with Crippen molar-refractivity contribution in [1.82, 2.24) is 30.2 Å². The average molecular weight is 674 g/mol. The Morgan fingerprint density at radius 2 is 1.63 bits per heavy atom. The molecule has 2 aromatic carbocycles. The summed E-state index contributed by atoms with van der Waals surface area (Å²) >= 11 is 0. The van der Waals surface area contributed by atoms with E-state index in [-0.39, 0.29) is 36.3 Å². The molecule has 12 heteroatoms. The number of carbonyl (C=O) groups excluding carboxylic acids is 4. The molecule has 1 aliphatic heterocycles. The summed E-state index contributed by atoms with van der Waals surface area (Å²) in [5, 5.41) is 12.6. The van der Waals surface area contributed by atoms with Crippen molar-refractivity contribution < 1.29 is 23.6 Å². The van der Waals surface area contributed by atoms with Gasteiger partial charge in [0.15, 0.2) is 0 Å². The Labute approximate surface area is 287 Å². The molecule has 11 nitrogen and oxygen atoms in total. The molecule has 1 aromatic heterocycles. The smallest absolute Gasteiger partial charge is 0.270 e. The Hall–Kier alpha value is -4.58. The highest BCUT2D eigenvalue weighted by Gasteiger charge is 2.33. The first-order chi connectivity index (χ1) is 23.7. The third-order valence-electron chi connectivity index (χ3n) is 9.56. The number of benzene rings is 2. The number of aryl methyl sites for hydroxylation is 1. The molecule has 2 heterocycles. The summed E-state index contributed by atoms with van der Waals surface area (Å²) in [4.78, 5) is 56.9. The second-order valence-corrected chi connectivity index (χ2v) is 12.9. The van der Waals surface area contributed by atoms with Crippen LogP contribution in [0, 0.1) is 11.7 Å². The van der Waals surface area contributed by atoms with Gasteiger partial charge in [0.2, 0.25) is 17.7 Å². The lowest BCUT2D eigenvalue weighted by Gasteiger charge is -2.36. The summed E-state index contributed by atoms with van der Waals surface area (Å²) in [6.07, 6.45) is 6.42. The molecule has 0 radical (unpaired) electrons. The number of hydrogen-bond acceptors (Lipinski definition) is 6. The van der Waals surface area contributed by atoms with E-state index in [0.29, 0.717) is 44.0 Å². The molecule has 1 saturated carbocycles. The fourth-order valence-corrected chi connectivity index (χ4v) is 6.78. The molecule has 3 aromatic rings. The number of carbonyl (C=O) groups is 4. The number of amides is 4. The van der Waals surface area contributed by atoms with Crippen LogP contribution in [-0.4, -0.2) is 81.5 Å². The molecule has 3 N–H and O–H groups in total. The lowest BCUT2D eigenvalue weighted by Crippen LogP contribution is -2.55. The lowest BCUT2D eigenvalue weighted by molar-refractivity contribution is -0.138. The van der Waals surface area contributed by atoms with Gasteiger partial charge in [-0.1, -0.05) is 62.6 Å². The number of piperazine rings is 1. The van der Waals surface area contributed by atoms with Crippen molar-refractivity contribution in [2.75, 3.05) is 31.5 Å². The van der Waals surface area contributed by atoms with Gasteiger partial charge in [0.25, 0.3) is 5.91 Å². The van der Waals surface area contributed by atoms with Crippen LogP contribution >= 0.6 is 0 Å². The first kappa shape index (κ1) is 35.7. The molecule has 2 aliphatic rings. The third kappa shape index (κ3) is 9.53. The maximum atomic E-state index is 15.6. The zero-order valence-electron chi connectivity index (χ0n) is 28.5. The maximum Gasteiger partial charge on any atom is 0.270 e. The topological polar surface area (TPSA) is 129 Å². The number of hydrogen-bond donors (Lipinski definition) is 3. The van der Waals surface area contributed by atoms with Crippen LogP contribution < -0.4 is 16.0 Å². The summed E-state index contributed by atoms with van der Waals surface area (Å²) in [6.45, 7) is 7.40. The van der Waals surface area contributed by atoms with Gasteiger partial charge >= 0.3 is 0 Å². The molecular formula is C37H48FN7O4. The quantitative estimate of drug-likeness (QED) is 0.250. The maximum absolute atomic E-state index is 15.6. The van der Waals surface area contributed by atoms with Crippen LogP contribution in [0.1, 0.15) is 74.0 Å². The number of nitrogens with one attached hydrogen (secondary N) is 3. The van der Waals surface area contributed by atoms with E-state index in [9.17, 15) is 19.2 Å². The molecule has 0 unspecified atom stereocenters. The van der Waals surface area contributed by atoms with Crippen LogP contribution in [0.4, 0.5) is 10.1 Å². The third-order valence-corrected chi connectivity index (χ3v) is 9.56. The molecule has 262 valence electrons. The SMILES string of the molecule is CCC(=O)N[C@H](Cc1ccc(NC(=O)[C@@H](NC(=O)c2ccnn2CC)C2CCCCC2)c(F)c1)C(=O)N1CCN(Cc2ccccc2)CC1. The van der Waals surface area contributed by atoms with Gasteiger partial charge in [0.05, 0.1) is 5.69 Å². The zero-order valence-corrected chi connectivity index (χ0v) is 28.5.